The van der Waals surface area contributed by atoms with E-state index in [2.05, 4.69) is 4.98 Å². The van der Waals surface area contributed by atoms with Gasteiger partial charge in [0.25, 0.3) is 0 Å². The van der Waals surface area contributed by atoms with Crippen molar-refractivity contribution in [1.29, 1.82) is 0 Å². The largest absolute Gasteiger partial charge is 0.496 e. The van der Waals surface area contributed by atoms with Crippen LogP contribution < -0.4 is 9.47 Å². The topological polar surface area (TPSA) is 31.4 Å². The molecule has 80 valence electrons. The molecule has 0 atom stereocenters. The molecule has 1 saturated carbocycles. The summed E-state index contributed by atoms with van der Waals surface area (Å²) in [7, 11) is 1.75. The number of rotatable bonds is 2. The summed E-state index contributed by atoms with van der Waals surface area (Å²) in [5, 5.41) is 0. The minimum Gasteiger partial charge on any atom is -0.496 e. The number of ether oxygens (including phenoxy) is 2. The normalized spacial score (nSPS) is 19.3. The van der Waals surface area contributed by atoms with Crippen molar-refractivity contribution in [3.8, 4) is 11.6 Å². The van der Waals surface area contributed by atoms with Crippen molar-refractivity contribution in [1.82, 2.24) is 4.98 Å². The highest BCUT2D eigenvalue weighted by molar-refractivity contribution is 5.49. The first-order chi connectivity index (χ1) is 7.40. The quantitative estimate of drug-likeness (QED) is 0.742. The van der Waals surface area contributed by atoms with E-state index >= 15 is 0 Å². The maximum atomic E-state index is 5.53. The van der Waals surface area contributed by atoms with Crippen molar-refractivity contribution >= 4 is 0 Å². The fourth-order valence-electron chi connectivity index (χ4n) is 2.22. The lowest BCUT2D eigenvalue weighted by atomic mass is 10.0. The molecule has 3 nitrogen and oxygen atoms in total. The fraction of sp³-hybridized carbons (Fsp3) is 0.583. The minimum absolute atomic E-state index is 0.680. The maximum absolute atomic E-state index is 5.53. The number of methoxy groups -OCH3 is 1. The number of hydrogen-bond donors (Lipinski definition) is 0. The van der Waals surface area contributed by atoms with Crippen LogP contribution in [0, 0.1) is 0 Å². The van der Waals surface area contributed by atoms with E-state index < -0.39 is 0 Å². The molecule has 0 radical (unpaired) electrons. The number of fused-ring (bicyclic) bond motifs is 1. The van der Waals surface area contributed by atoms with Crippen LogP contribution in [0.3, 0.4) is 0 Å². The van der Waals surface area contributed by atoms with E-state index in [1.165, 1.54) is 24.0 Å². The van der Waals surface area contributed by atoms with Gasteiger partial charge in [-0.25, -0.2) is 4.98 Å². The van der Waals surface area contributed by atoms with Crippen LogP contribution in [0.4, 0.5) is 0 Å². The summed E-state index contributed by atoms with van der Waals surface area (Å²) in [6, 6.07) is 0. The number of aromatic nitrogens is 1. The predicted octanol–water partition coefficient (Wildman–Crippen LogP) is 2.29. The van der Waals surface area contributed by atoms with Gasteiger partial charge in [0.2, 0.25) is 5.88 Å². The van der Waals surface area contributed by atoms with E-state index in [1.54, 1.807) is 7.11 Å². The Morgan fingerprint density at radius 1 is 1.47 bits per heavy atom. The molecule has 0 N–H and O–H groups in total. The van der Waals surface area contributed by atoms with Crippen LogP contribution in [0.2, 0.25) is 0 Å². The number of nitrogens with zero attached hydrogens (tertiary/aromatic N) is 1. The third kappa shape index (κ3) is 1.46. The predicted molar refractivity (Wildman–Crippen MR) is 56.6 cm³/mol. The van der Waals surface area contributed by atoms with Gasteiger partial charge < -0.3 is 9.47 Å². The zero-order chi connectivity index (χ0) is 10.3. The Morgan fingerprint density at radius 3 is 3.07 bits per heavy atom. The van der Waals surface area contributed by atoms with Gasteiger partial charge in [0.05, 0.1) is 19.3 Å². The molecule has 1 aliphatic heterocycles. The van der Waals surface area contributed by atoms with E-state index in [1.807, 2.05) is 6.20 Å². The van der Waals surface area contributed by atoms with Gasteiger partial charge in [-0.15, -0.1) is 0 Å². The van der Waals surface area contributed by atoms with Crippen molar-refractivity contribution in [2.75, 3.05) is 13.7 Å². The van der Waals surface area contributed by atoms with Gasteiger partial charge >= 0.3 is 0 Å². The molecule has 0 bridgehead atoms. The van der Waals surface area contributed by atoms with Crippen LogP contribution in [0.1, 0.15) is 36.3 Å². The Hall–Kier alpha value is -1.25. The summed E-state index contributed by atoms with van der Waals surface area (Å²) in [5.41, 5.74) is 2.45. The SMILES string of the molecule is COc1c(C2CC2)cnc2c1CCCO2. The lowest BCUT2D eigenvalue weighted by Gasteiger charge is -2.20. The van der Waals surface area contributed by atoms with E-state index in [4.69, 9.17) is 9.47 Å². The van der Waals surface area contributed by atoms with E-state index in [-0.39, 0.29) is 0 Å². The minimum atomic E-state index is 0.680. The van der Waals surface area contributed by atoms with E-state index in [0.29, 0.717) is 5.92 Å². The van der Waals surface area contributed by atoms with Gasteiger partial charge in [-0.3, -0.25) is 0 Å². The Balaban J connectivity index is 2.09. The molecular formula is C12H15NO2. The first-order valence-corrected chi connectivity index (χ1v) is 5.58. The molecular weight excluding hydrogens is 190 g/mol. The van der Waals surface area contributed by atoms with Crippen molar-refractivity contribution in [3.63, 3.8) is 0 Å². The number of hydrogen-bond acceptors (Lipinski definition) is 3. The van der Waals surface area contributed by atoms with Crippen molar-refractivity contribution in [2.45, 2.75) is 31.6 Å². The summed E-state index contributed by atoms with van der Waals surface area (Å²) in [4.78, 5) is 4.39. The van der Waals surface area contributed by atoms with Crippen LogP contribution in [0.5, 0.6) is 11.6 Å². The first kappa shape index (κ1) is 9.01. The second-order valence-electron chi connectivity index (χ2n) is 4.26. The Bertz CT molecular complexity index is 385. The summed E-state index contributed by atoms with van der Waals surface area (Å²) in [6.45, 7) is 0.784. The van der Waals surface area contributed by atoms with E-state index in [9.17, 15) is 0 Å². The van der Waals surface area contributed by atoms with Crippen LogP contribution >= 0.6 is 0 Å². The third-order valence-corrected chi connectivity index (χ3v) is 3.15. The molecule has 1 aliphatic carbocycles. The van der Waals surface area contributed by atoms with Gasteiger partial charge in [-0.1, -0.05) is 0 Å². The molecule has 2 heterocycles. The molecule has 3 rings (SSSR count). The molecule has 15 heavy (non-hydrogen) atoms. The maximum Gasteiger partial charge on any atom is 0.220 e. The Morgan fingerprint density at radius 2 is 2.33 bits per heavy atom. The fourth-order valence-corrected chi connectivity index (χ4v) is 2.22. The van der Waals surface area contributed by atoms with Crippen LogP contribution in [-0.4, -0.2) is 18.7 Å². The zero-order valence-corrected chi connectivity index (χ0v) is 8.95. The van der Waals surface area contributed by atoms with E-state index in [0.717, 1.165) is 31.1 Å². The van der Waals surface area contributed by atoms with Crippen LogP contribution in [0.25, 0.3) is 0 Å². The zero-order valence-electron chi connectivity index (χ0n) is 8.95. The smallest absolute Gasteiger partial charge is 0.220 e. The van der Waals surface area contributed by atoms with Crippen molar-refractivity contribution < 1.29 is 9.47 Å². The molecule has 3 heteroatoms. The second-order valence-corrected chi connectivity index (χ2v) is 4.26. The molecule has 0 spiro atoms. The highest BCUT2D eigenvalue weighted by atomic mass is 16.5. The first-order valence-electron chi connectivity index (χ1n) is 5.58. The Labute approximate surface area is 89.4 Å². The summed E-state index contributed by atoms with van der Waals surface area (Å²) in [5.74, 6) is 2.49. The third-order valence-electron chi connectivity index (χ3n) is 3.15. The molecule has 1 aromatic heterocycles. The number of pyridine rings is 1. The average molecular weight is 205 g/mol. The molecule has 1 fully saturated rings. The van der Waals surface area contributed by atoms with Gasteiger partial charge in [-0.2, -0.15) is 0 Å². The van der Waals surface area contributed by atoms with Gasteiger partial charge in [0.1, 0.15) is 5.75 Å². The van der Waals surface area contributed by atoms with Crippen molar-refractivity contribution in [3.05, 3.63) is 17.3 Å². The lowest BCUT2D eigenvalue weighted by Crippen LogP contribution is -2.12. The molecule has 0 saturated heterocycles. The molecule has 0 aromatic carbocycles. The summed E-state index contributed by atoms with van der Waals surface area (Å²) in [6.07, 6.45) is 6.58. The highest BCUT2D eigenvalue weighted by Gasteiger charge is 2.30. The molecule has 0 unspecified atom stereocenters. The highest BCUT2D eigenvalue weighted by Crippen LogP contribution is 2.47. The molecule has 2 aliphatic rings. The van der Waals surface area contributed by atoms with Crippen molar-refractivity contribution in [2.24, 2.45) is 0 Å². The summed E-state index contributed by atoms with van der Waals surface area (Å²) >= 11 is 0. The van der Waals surface area contributed by atoms with Gasteiger partial charge in [0, 0.05) is 11.8 Å². The van der Waals surface area contributed by atoms with Crippen LogP contribution in [-0.2, 0) is 6.42 Å². The van der Waals surface area contributed by atoms with Gasteiger partial charge in [-0.05, 0) is 31.6 Å². The summed E-state index contributed by atoms with van der Waals surface area (Å²) < 4.78 is 11.1. The monoisotopic (exact) mass is 205 g/mol. The van der Waals surface area contributed by atoms with Gasteiger partial charge in [0.15, 0.2) is 0 Å². The molecule has 1 aromatic rings. The molecule has 0 amide bonds. The Kier molecular flexibility index (Phi) is 2.04. The van der Waals surface area contributed by atoms with Crippen LogP contribution in [0.15, 0.2) is 6.20 Å². The lowest BCUT2D eigenvalue weighted by molar-refractivity contribution is 0.269. The average Bonchev–Trinajstić information content (AvgIpc) is 3.11. The standard InChI is InChI=1S/C12H15NO2/c1-14-11-9-3-2-6-15-12(9)13-7-10(11)8-4-5-8/h7-8H,2-6H2,1H3. The second kappa shape index (κ2) is 3.40.